The van der Waals surface area contributed by atoms with Gasteiger partial charge in [0.25, 0.3) is 0 Å². The topological polar surface area (TPSA) is 69.9 Å². The first-order valence-electron chi connectivity index (χ1n) is 21.5. The number of fused-ring (bicyclic) bond motifs is 9. The third-order valence-electron chi connectivity index (χ3n) is 10.6. The van der Waals surface area contributed by atoms with Gasteiger partial charge in [0.05, 0.1) is 30.5 Å². The maximum atomic E-state index is 9.45. The molecule has 12 aromatic rings. The number of hydrogen-bond donors (Lipinski definition) is 0. The molecular formula is C51H30N4O2. The summed E-state index contributed by atoms with van der Waals surface area (Å²) in [4.78, 5) is 15.3. The van der Waals surface area contributed by atoms with Crippen molar-refractivity contribution in [1.29, 1.82) is 0 Å². The van der Waals surface area contributed by atoms with Crippen molar-refractivity contribution in [3.8, 4) is 51.0 Å². The zero-order valence-electron chi connectivity index (χ0n) is 36.0. The molecule has 0 aliphatic rings. The molecule has 12 rings (SSSR count). The molecule has 0 aliphatic heterocycles. The van der Waals surface area contributed by atoms with E-state index >= 15 is 0 Å². The van der Waals surface area contributed by atoms with Crippen LogP contribution < -0.4 is 0 Å². The molecule has 0 radical (unpaired) electrons. The Morgan fingerprint density at radius 2 is 1.05 bits per heavy atom. The minimum Gasteiger partial charge on any atom is -0.455 e. The van der Waals surface area contributed by atoms with Crippen molar-refractivity contribution in [2.24, 2.45) is 0 Å². The van der Waals surface area contributed by atoms with E-state index in [9.17, 15) is 1.37 Å². The molecule has 0 aliphatic carbocycles. The number of rotatable bonds is 5. The van der Waals surface area contributed by atoms with Crippen LogP contribution in [0.15, 0.2) is 191 Å². The number of furan rings is 2. The van der Waals surface area contributed by atoms with Gasteiger partial charge in [0.2, 0.25) is 0 Å². The normalized spacial score (nSPS) is 13.3. The number of hydrogen-bond acceptors (Lipinski definition) is 5. The molecular weight excluding hydrogens is 701 g/mol. The average Bonchev–Trinajstić information content (AvgIpc) is 4.01. The number of aromatic nitrogens is 4. The molecule has 0 atom stereocenters. The maximum Gasteiger partial charge on any atom is 0.167 e. The SMILES string of the molecule is [2H]c1cc([2H])c2oc3c(-c4ccc(-c5nc(-c6ccccc6)nc(-c6cccc7c6oc6ccccc67)n5)cc4-n4c5ccccc5c5ccccc54)c([2H])c([2H])c([2H])c3c2c1[2H]. The summed E-state index contributed by atoms with van der Waals surface area (Å²) in [5, 5.41) is 4.14. The Bertz CT molecular complexity index is 3840. The Hall–Kier alpha value is -7.83. The summed E-state index contributed by atoms with van der Waals surface area (Å²) in [6.45, 7) is 0. The molecule has 0 bridgehead atoms. The minimum atomic E-state index is -0.367. The van der Waals surface area contributed by atoms with Crippen molar-refractivity contribution in [2.45, 2.75) is 0 Å². The first kappa shape index (κ1) is 26.1. The Kier molecular flexibility index (Phi) is 5.64. The maximum absolute atomic E-state index is 9.45. The van der Waals surface area contributed by atoms with Crippen LogP contribution in [0.1, 0.15) is 8.22 Å². The van der Waals surface area contributed by atoms with Gasteiger partial charge in [-0.05, 0) is 36.4 Å². The lowest BCUT2D eigenvalue weighted by Gasteiger charge is -2.16. The first-order chi connectivity index (χ1) is 30.7. The Morgan fingerprint density at radius 3 is 1.88 bits per heavy atom. The van der Waals surface area contributed by atoms with Crippen LogP contribution in [-0.4, -0.2) is 19.5 Å². The van der Waals surface area contributed by atoms with E-state index in [2.05, 4.69) is 16.7 Å². The monoisotopic (exact) mass is 736 g/mol. The predicted octanol–water partition coefficient (Wildman–Crippen LogP) is 13.4. The molecule has 4 aromatic heterocycles. The van der Waals surface area contributed by atoms with Gasteiger partial charge in [-0.25, -0.2) is 15.0 Å². The van der Waals surface area contributed by atoms with Gasteiger partial charge < -0.3 is 13.4 Å². The van der Waals surface area contributed by atoms with Gasteiger partial charge in [-0.2, -0.15) is 0 Å². The number of nitrogens with zero attached hydrogens (tertiary/aromatic N) is 4. The second kappa shape index (κ2) is 12.3. The van der Waals surface area contributed by atoms with Crippen LogP contribution in [-0.2, 0) is 0 Å². The molecule has 8 aromatic carbocycles. The smallest absolute Gasteiger partial charge is 0.167 e. The van der Waals surface area contributed by atoms with E-state index in [1.807, 2.05) is 127 Å². The highest BCUT2D eigenvalue weighted by molar-refractivity contribution is 6.13. The van der Waals surface area contributed by atoms with Crippen LogP contribution in [0.25, 0.3) is 117 Å². The highest BCUT2D eigenvalue weighted by Gasteiger charge is 2.22. The van der Waals surface area contributed by atoms with Gasteiger partial charge in [0.15, 0.2) is 17.5 Å². The standard InChI is InChI=1S/C51H30N4O2/c1-2-14-31(15-3-1)49-52-50(54-51(53-49)41-23-13-22-40-37-19-7-11-27-46(37)57-48(40)41)32-28-29-35(38-20-12-21-39-36-18-6-10-26-45(36)56-47(38)39)44(30-32)55-42-24-8-4-16-33(42)34-17-5-9-25-43(34)55/h1-30H/i6D,12D,18D,20D,21D,26D. The molecule has 0 unspecified atom stereocenters. The molecule has 266 valence electrons. The molecule has 0 fully saturated rings. The summed E-state index contributed by atoms with van der Waals surface area (Å²) in [7, 11) is 0. The van der Waals surface area contributed by atoms with Crippen molar-refractivity contribution < 1.29 is 17.1 Å². The van der Waals surface area contributed by atoms with Crippen molar-refractivity contribution in [3.63, 3.8) is 0 Å². The number of benzene rings is 8. The van der Waals surface area contributed by atoms with E-state index in [0.29, 0.717) is 45.4 Å². The summed E-state index contributed by atoms with van der Waals surface area (Å²) in [6, 6.07) is 45.1. The van der Waals surface area contributed by atoms with Gasteiger partial charge in [0, 0.05) is 54.6 Å². The van der Waals surface area contributed by atoms with Gasteiger partial charge in [-0.3, -0.25) is 0 Å². The van der Waals surface area contributed by atoms with Gasteiger partial charge >= 0.3 is 0 Å². The average molecular weight is 737 g/mol. The lowest BCUT2D eigenvalue weighted by atomic mass is 9.98. The summed E-state index contributed by atoms with van der Waals surface area (Å²) in [6.07, 6.45) is 0. The molecule has 0 saturated carbocycles. The predicted molar refractivity (Wildman–Crippen MR) is 230 cm³/mol. The third kappa shape index (κ3) is 4.87. The fourth-order valence-electron chi connectivity index (χ4n) is 8.07. The summed E-state index contributed by atoms with van der Waals surface area (Å²) >= 11 is 0. The lowest BCUT2D eigenvalue weighted by molar-refractivity contribution is 0.669. The van der Waals surface area contributed by atoms with Gasteiger partial charge in [-0.15, -0.1) is 0 Å². The first-order valence-corrected chi connectivity index (χ1v) is 18.5. The molecule has 0 saturated heterocycles. The van der Waals surface area contributed by atoms with E-state index in [4.69, 9.17) is 30.6 Å². The zero-order valence-corrected chi connectivity index (χ0v) is 30.0. The highest BCUT2D eigenvalue weighted by Crippen LogP contribution is 2.42. The minimum absolute atomic E-state index is 0.0198. The fourth-order valence-corrected chi connectivity index (χ4v) is 8.07. The molecule has 0 amide bonds. The summed E-state index contributed by atoms with van der Waals surface area (Å²) in [5.41, 5.74) is 6.73. The van der Waals surface area contributed by atoms with Gasteiger partial charge in [-0.1, -0.05) is 145 Å². The van der Waals surface area contributed by atoms with Crippen LogP contribution in [0, 0.1) is 0 Å². The van der Waals surface area contributed by atoms with Crippen LogP contribution in [0.4, 0.5) is 0 Å². The third-order valence-corrected chi connectivity index (χ3v) is 10.6. The van der Waals surface area contributed by atoms with Crippen LogP contribution in [0.3, 0.4) is 0 Å². The highest BCUT2D eigenvalue weighted by atomic mass is 16.3. The molecule has 6 heteroatoms. The fraction of sp³-hybridized carbons (Fsp3) is 0. The number of para-hydroxylation sites is 6. The van der Waals surface area contributed by atoms with Crippen LogP contribution in [0.2, 0.25) is 0 Å². The Labute approximate surface area is 334 Å². The van der Waals surface area contributed by atoms with Crippen molar-refractivity contribution in [2.75, 3.05) is 0 Å². The van der Waals surface area contributed by atoms with Crippen LogP contribution in [0.5, 0.6) is 0 Å². The Morgan fingerprint density at radius 1 is 0.404 bits per heavy atom. The van der Waals surface area contributed by atoms with E-state index in [1.54, 1.807) is 0 Å². The molecule has 4 heterocycles. The lowest BCUT2D eigenvalue weighted by Crippen LogP contribution is -2.02. The molecule has 0 N–H and O–H groups in total. The van der Waals surface area contributed by atoms with E-state index in [0.717, 1.165) is 43.7 Å². The van der Waals surface area contributed by atoms with E-state index in [1.165, 1.54) is 6.07 Å². The zero-order chi connectivity index (χ0) is 42.7. The van der Waals surface area contributed by atoms with E-state index < -0.39 is 0 Å². The van der Waals surface area contributed by atoms with Crippen molar-refractivity contribution in [1.82, 2.24) is 19.5 Å². The molecule has 57 heavy (non-hydrogen) atoms. The molecule has 0 spiro atoms. The molecule has 6 nitrogen and oxygen atoms in total. The Balaban J connectivity index is 1.18. The largest absolute Gasteiger partial charge is 0.455 e. The van der Waals surface area contributed by atoms with Crippen LogP contribution >= 0.6 is 0 Å². The summed E-state index contributed by atoms with van der Waals surface area (Å²) < 4.78 is 68.5. The van der Waals surface area contributed by atoms with Gasteiger partial charge in [0.1, 0.15) is 22.3 Å². The summed E-state index contributed by atoms with van der Waals surface area (Å²) in [5.74, 6) is 1.25. The second-order valence-corrected chi connectivity index (χ2v) is 13.9. The van der Waals surface area contributed by atoms with Crippen molar-refractivity contribution >= 4 is 65.7 Å². The quantitative estimate of drug-likeness (QED) is 0.176. The second-order valence-electron chi connectivity index (χ2n) is 13.9. The van der Waals surface area contributed by atoms with Crippen molar-refractivity contribution in [3.05, 3.63) is 182 Å². The van der Waals surface area contributed by atoms with E-state index in [-0.39, 0.29) is 63.8 Å².